The highest BCUT2D eigenvalue weighted by molar-refractivity contribution is 5.90. The molecule has 138 valence electrons. The zero-order chi connectivity index (χ0) is 19.3. The highest BCUT2D eigenvalue weighted by atomic mass is 16.3. The average Bonchev–Trinajstić information content (AvgIpc) is 2.79. The van der Waals surface area contributed by atoms with Crippen LogP contribution in [-0.2, 0) is 13.2 Å². The van der Waals surface area contributed by atoms with Crippen LogP contribution in [0.15, 0.2) is 85.2 Å². The van der Waals surface area contributed by atoms with Crippen LogP contribution in [0.3, 0.4) is 0 Å². The smallest absolute Gasteiger partial charge is 0.0708 e. The van der Waals surface area contributed by atoms with Crippen LogP contribution in [-0.4, -0.2) is 20.2 Å². The molecule has 0 saturated carbocycles. The molecular weight excluding hydrogens is 348 g/mol. The molecule has 2 heterocycles. The fraction of sp³-hybridized carbons (Fsp3) is 0.0833. The molecule has 0 atom stereocenters. The summed E-state index contributed by atoms with van der Waals surface area (Å²) in [6, 6.07) is 23.4. The molecule has 4 heteroatoms. The fourth-order valence-electron chi connectivity index (χ4n) is 3.32. The highest BCUT2D eigenvalue weighted by Crippen LogP contribution is 2.38. The highest BCUT2D eigenvalue weighted by Gasteiger charge is 2.15. The number of aromatic nitrogens is 2. The first-order valence-corrected chi connectivity index (χ1v) is 9.11. The number of nitrogens with zero attached hydrogens (tertiary/aromatic N) is 2. The van der Waals surface area contributed by atoms with Gasteiger partial charge in [0.25, 0.3) is 0 Å². The summed E-state index contributed by atoms with van der Waals surface area (Å²) in [4.78, 5) is 9.02. The van der Waals surface area contributed by atoms with Crippen molar-refractivity contribution < 1.29 is 10.2 Å². The van der Waals surface area contributed by atoms with Gasteiger partial charge in [-0.1, -0.05) is 36.4 Å². The van der Waals surface area contributed by atoms with Crippen molar-refractivity contribution in [2.75, 3.05) is 0 Å². The van der Waals surface area contributed by atoms with Crippen molar-refractivity contribution in [2.24, 2.45) is 0 Å². The van der Waals surface area contributed by atoms with Crippen LogP contribution in [0.2, 0.25) is 0 Å². The normalized spacial score (nSPS) is 10.8. The standard InChI is InChI=1S/C24H20N2O2/c27-15-17-7-9-19(23-5-1-3-11-25-23)21(13-17)22-14-18(16-28)8-10-20(22)24-6-2-4-12-26-24/h1-14,27-28H,15-16H2. The van der Waals surface area contributed by atoms with Gasteiger partial charge >= 0.3 is 0 Å². The molecule has 2 aromatic carbocycles. The van der Waals surface area contributed by atoms with E-state index in [0.29, 0.717) is 0 Å². The molecule has 2 N–H and O–H groups in total. The van der Waals surface area contributed by atoms with Crippen molar-refractivity contribution in [3.8, 4) is 33.6 Å². The third-order valence-corrected chi connectivity index (χ3v) is 4.70. The minimum atomic E-state index is -0.0475. The van der Waals surface area contributed by atoms with E-state index in [9.17, 15) is 10.2 Å². The van der Waals surface area contributed by atoms with E-state index in [2.05, 4.69) is 9.97 Å². The SMILES string of the molecule is OCc1ccc(-c2ccccn2)c(-c2cc(CO)ccc2-c2ccccn2)c1. The molecule has 0 amide bonds. The first-order chi connectivity index (χ1) is 13.8. The molecule has 0 bridgehead atoms. The van der Waals surface area contributed by atoms with Gasteiger partial charge in [0.15, 0.2) is 0 Å². The first-order valence-electron chi connectivity index (χ1n) is 9.11. The second kappa shape index (κ2) is 8.13. The van der Waals surface area contributed by atoms with Crippen molar-refractivity contribution in [1.82, 2.24) is 9.97 Å². The van der Waals surface area contributed by atoms with Crippen molar-refractivity contribution in [3.63, 3.8) is 0 Å². The van der Waals surface area contributed by atoms with Gasteiger partial charge in [-0.05, 0) is 58.7 Å². The lowest BCUT2D eigenvalue weighted by Crippen LogP contribution is -1.96. The molecule has 4 rings (SSSR count). The van der Waals surface area contributed by atoms with E-state index in [4.69, 9.17) is 0 Å². The fourth-order valence-corrected chi connectivity index (χ4v) is 3.32. The Hall–Kier alpha value is -3.34. The maximum absolute atomic E-state index is 9.69. The summed E-state index contributed by atoms with van der Waals surface area (Å²) in [6.45, 7) is -0.0950. The zero-order valence-corrected chi connectivity index (χ0v) is 15.3. The summed E-state index contributed by atoms with van der Waals surface area (Å²) < 4.78 is 0. The minimum Gasteiger partial charge on any atom is -0.392 e. The lowest BCUT2D eigenvalue weighted by Gasteiger charge is -2.16. The summed E-state index contributed by atoms with van der Waals surface area (Å²) in [6.07, 6.45) is 3.53. The Bertz CT molecular complexity index is 991. The lowest BCUT2D eigenvalue weighted by atomic mass is 9.89. The van der Waals surface area contributed by atoms with E-state index in [1.165, 1.54) is 0 Å². The molecule has 0 aliphatic heterocycles. The van der Waals surface area contributed by atoms with Crippen molar-refractivity contribution in [2.45, 2.75) is 13.2 Å². The predicted octanol–water partition coefficient (Wildman–Crippen LogP) is 4.46. The van der Waals surface area contributed by atoms with E-state index >= 15 is 0 Å². The molecule has 0 fully saturated rings. The second-order valence-corrected chi connectivity index (χ2v) is 6.51. The molecule has 0 radical (unpaired) electrons. The molecule has 0 unspecified atom stereocenters. The molecule has 2 aromatic heterocycles. The Morgan fingerprint density at radius 3 is 1.36 bits per heavy atom. The number of rotatable bonds is 5. The van der Waals surface area contributed by atoms with Crippen molar-refractivity contribution in [1.29, 1.82) is 0 Å². The molecule has 0 aliphatic rings. The lowest BCUT2D eigenvalue weighted by molar-refractivity contribution is 0.281. The van der Waals surface area contributed by atoms with Gasteiger partial charge in [-0.25, -0.2) is 0 Å². The first kappa shape index (κ1) is 18.0. The van der Waals surface area contributed by atoms with Gasteiger partial charge in [-0.2, -0.15) is 0 Å². The van der Waals surface area contributed by atoms with Crippen molar-refractivity contribution >= 4 is 0 Å². The van der Waals surface area contributed by atoms with Crippen LogP contribution in [0, 0.1) is 0 Å². The Balaban J connectivity index is 2.00. The molecular formula is C24H20N2O2. The molecule has 4 nitrogen and oxygen atoms in total. The van der Waals surface area contributed by atoms with Gasteiger partial charge in [0.2, 0.25) is 0 Å². The van der Waals surface area contributed by atoms with Crippen LogP contribution >= 0.6 is 0 Å². The van der Waals surface area contributed by atoms with Crippen LogP contribution < -0.4 is 0 Å². The van der Waals surface area contributed by atoms with Crippen LogP contribution in [0.5, 0.6) is 0 Å². The Labute approximate surface area is 163 Å². The van der Waals surface area contributed by atoms with Gasteiger partial charge in [-0.15, -0.1) is 0 Å². The number of hydrogen-bond donors (Lipinski definition) is 2. The van der Waals surface area contributed by atoms with Crippen molar-refractivity contribution in [3.05, 3.63) is 96.3 Å². The van der Waals surface area contributed by atoms with Crippen LogP contribution in [0.1, 0.15) is 11.1 Å². The maximum Gasteiger partial charge on any atom is 0.0708 e. The third-order valence-electron chi connectivity index (χ3n) is 4.70. The maximum atomic E-state index is 9.69. The number of aliphatic hydroxyl groups is 2. The van der Waals surface area contributed by atoms with E-state index in [1.54, 1.807) is 12.4 Å². The number of hydrogen-bond acceptors (Lipinski definition) is 4. The van der Waals surface area contributed by atoms with Gasteiger partial charge < -0.3 is 10.2 Å². The largest absolute Gasteiger partial charge is 0.392 e. The summed E-state index contributed by atoms with van der Waals surface area (Å²) in [5.74, 6) is 0. The zero-order valence-electron chi connectivity index (χ0n) is 15.3. The molecule has 0 saturated heterocycles. The molecule has 28 heavy (non-hydrogen) atoms. The van der Waals surface area contributed by atoms with Crippen LogP contribution in [0.25, 0.3) is 33.6 Å². The van der Waals surface area contributed by atoms with Gasteiger partial charge in [0.05, 0.1) is 24.6 Å². The topological polar surface area (TPSA) is 66.2 Å². The summed E-state index contributed by atoms with van der Waals surface area (Å²) in [5, 5.41) is 19.4. The van der Waals surface area contributed by atoms with E-state index in [1.807, 2.05) is 72.8 Å². The van der Waals surface area contributed by atoms with E-state index < -0.39 is 0 Å². The number of pyridine rings is 2. The van der Waals surface area contributed by atoms with Crippen LogP contribution in [0.4, 0.5) is 0 Å². The summed E-state index contributed by atoms with van der Waals surface area (Å²) in [7, 11) is 0. The molecule has 0 aliphatic carbocycles. The second-order valence-electron chi connectivity index (χ2n) is 6.51. The number of aliphatic hydroxyl groups excluding tert-OH is 2. The predicted molar refractivity (Wildman–Crippen MR) is 110 cm³/mol. The van der Waals surface area contributed by atoms with E-state index in [-0.39, 0.29) is 13.2 Å². The number of benzene rings is 2. The Morgan fingerprint density at radius 1 is 0.536 bits per heavy atom. The quantitative estimate of drug-likeness (QED) is 0.546. The van der Waals surface area contributed by atoms with Gasteiger partial charge in [0, 0.05) is 23.5 Å². The minimum absolute atomic E-state index is 0.0475. The monoisotopic (exact) mass is 368 g/mol. The molecule has 4 aromatic rings. The third kappa shape index (κ3) is 3.56. The Kier molecular flexibility index (Phi) is 5.24. The molecule has 0 spiro atoms. The van der Waals surface area contributed by atoms with Gasteiger partial charge in [0.1, 0.15) is 0 Å². The summed E-state index contributed by atoms with van der Waals surface area (Å²) >= 11 is 0. The van der Waals surface area contributed by atoms with Gasteiger partial charge in [-0.3, -0.25) is 9.97 Å². The summed E-state index contributed by atoms with van der Waals surface area (Å²) in [5.41, 5.74) is 7.15. The van der Waals surface area contributed by atoms with E-state index in [0.717, 1.165) is 44.8 Å². The average molecular weight is 368 g/mol. The Morgan fingerprint density at radius 2 is 1.00 bits per heavy atom.